The van der Waals surface area contributed by atoms with Crippen molar-refractivity contribution in [1.29, 1.82) is 0 Å². The van der Waals surface area contributed by atoms with Gasteiger partial charge in [-0.1, -0.05) is 18.2 Å². The molecule has 0 bridgehead atoms. The highest BCUT2D eigenvalue weighted by atomic mass is 16.2. The minimum Gasteiger partial charge on any atom is -0.399 e. The Kier molecular flexibility index (Phi) is 4.33. The number of amides is 1. The summed E-state index contributed by atoms with van der Waals surface area (Å²) in [5.74, 6) is -0.0534. The van der Waals surface area contributed by atoms with Gasteiger partial charge in [-0.05, 0) is 23.8 Å². The maximum Gasteiger partial charge on any atom is 0.246 e. The van der Waals surface area contributed by atoms with E-state index >= 15 is 0 Å². The van der Waals surface area contributed by atoms with Crippen molar-refractivity contribution < 1.29 is 4.79 Å². The summed E-state index contributed by atoms with van der Waals surface area (Å²) in [6.07, 6.45) is 4.96. The number of hydrogen-bond donors (Lipinski definition) is 1. The van der Waals surface area contributed by atoms with Crippen molar-refractivity contribution in [3.8, 4) is 0 Å². The van der Waals surface area contributed by atoms with Crippen LogP contribution in [0.1, 0.15) is 5.56 Å². The first-order valence-corrected chi connectivity index (χ1v) is 5.03. The molecule has 0 saturated carbocycles. The van der Waals surface area contributed by atoms with Crippen LogP contribution in [0.4, 0.5) is 5.69 Å². The van der Waals surface area contributed by atoms with Crippen molar-refractivity contribution in [3.05, 3.63) is 48.6 Å². The lowest BCUT2D eigenvalue weighted by molar-refractivity contribution is -0.124. The van der Waals surface area contributed by atoms with Crippen LogP contribution >= 0.6 is 0 Å². The SMILES string of the molecule is C=CCN(C)C(=O)/C=C/c1cccc(N)c1. The van der Waals surface area contributed by atoms with Crippen LogP contribution in [-0.4, -0.2) is 24.4 Å². The average Bonchev–Trinajstić information content (AvgIpc) is 2.26. The maximum atomic E-state index is 11.6. The van der Waals surface area contributed by atoms with Gasteiger partial charge in [0.15, 0.2) is 0 Å². The van der Waals surface area contributed by atoms with Crippen LogP contribution < -0.4 is 5.73 Å². The number of carbonyl (C=O) groups is 1. The third-order valence-electron chi connectivity index (χ3n) is 2.11. The van der Waals surface area contributed by atoms with Gasteiger partial charge < -0.3 is 10.6 Å². The number of carbonyl (C=O) groups excluding carboxylic acids is 1. The van der Waals surface area contributed by atoms with Gasteiger partial charge >= 0.3 is 0 Å². The number of rotatable bonds is 4. The molecule has 1 aromatic rings. The minimum atomic E-state index is -0.0534. The van der Waals surface area contributed by atoms with Gasteiger partial charge in [0.25, 0.3) is 0 Å². The topological polar surface area (TPSA) is 46.3 Å². The van der Waals surface area contributed by atoms with Crippen molar-refractivity contribution in [2.75, 3.05) is 19.3 Å². The van der Waals surface area contributed by atoms with Gasteiger partial charge in [-0.25, -0.2) is 0 Å². The van der Waals surface area contributed by atoms with Gasteiger partial charge in [-0.2, -0.15) is 0 Å². The van der Waals surface area contributed by atoms with Gasteiger partial charge in [0, 0.05) is 25.4 Å². The Morgan fingerprint density at radius 3 is 2.94 bits per heavy atom. The molecular weight excluding hydrogens is 200 g/mol. The van der Waals surface area contributed by atoms with Crippen molar-refractivity contribution in [2.24, 2.45) is 0 Å². The van der Waals surface area contributed by atoms with E-state index in [1.54, 1.807) is 24.1 Å². The zero-order valence-corrected chi connectivity index (χ0v) is 9.39. The second-order valence-electron chi connectivity index (χ2n) is 3.51. The lowest BCUT2D eigenvalue weighted by atomic mass is 10.2. The quantitative estimate of drug-likeness (QED) is 0.475. The first kappa shape index (κ1) is 12.0. The summed E-state index contributed by atoms with van der Waals surface area (Å²) in [6, 6.07) is 7.38. The fraction of sp³-hybridized carbons (Fsp3) is 0.154. The number of benzene rings is 1. The van der Waals surface area contributed by atoms with Crippen LogP contribution in [0.5, 0.6) is 0 Å². The molecule has 0 radical (unpaired) electrons. The molecule has 2 N–H and O–H groups in total. The third kappa shape index (κ3) is 3.61. The smallest absolute Gasteiger partial charge is 0.246 e. The molecule has 0 aromatic heterocycles. The molecule has 0 saturated heterocycles. The van der Waals surface area contributed by atoms with Gasteiger partial charge in [-0.3, -0.25) is 4.79 Å². The minimum absolute atomic E-state index is 0.0534. The van der Waals surface area contributed by atoms with Gasteiger partial charge in [-0.15, -0.1) is 6.58 Å². The summed E-state index contributed by atoms with van der Waals surface area (Å²) in [7, 11) is 1.73. The maximum absolute atomic E-state index is 11.6. The molecule has 0 atom stereocenters. The van der Waals surface area contributed by atoms with Crippen LogP contribution in [0, 0.1) is 0 Å². The predicted octanol–water partition coefficient (Wildman–Crippen LogP) is 1.93. The molecule has 0 spiro atoms. The van der Waals surface area contributed by atoms with Crippen LogP contribution in [0.15, 0.2) is 43.0 Å². The molecule has 1 rings (SSSR count). The van der Waals surface area contributed by atoms with Crippen LogP contribution in [0.25, 0.3) is 6.08 Å². The second kappa shape index (κ2) is 5.75. The highest BCUT2D eigenvalue weighted by molar-refractivity contribution is 5.91. The summed E-state index contributed by atoms with van der Waals surface area (Å²) in [4.78, 5) is 13.1. The molecular formula is C13H16N2O. The van der Waals surface area contributed by atoms with Crippen molar-refractivity contribution >= 4 is 17.7 Å². The highest BCUT2D eigenvalue weighted by Gasteiger charge is 2.01. The Labute approximate surface area is 95.9 Å². The van der Waals surface area contributed by atoms with E-state index in [4.69, 9.17) is 5.73 Å². The van der Waals surface area contributed by atoms with Crippen molar-refractivity contribution in [3.63, 3.8) is 0 Å². The second-order valence-corrected chi connectivity index (χ2v) is 3.51. The lowest BCUT2D eigenvalue weighted by Crippen LogP contribution is -2.24. The van der Waals surface area contributed by atoms with E-state index in [1.807, 2.05) is 24.3 Å². The van der Waals surface area contributed by atoms with Gasteiger partial charge in [0.2, 0.25) is 5.91 Å². The molecule has 1 aromatic carbocycles. The highest BCUT2D eigenvalue weighted by Crippen LogP contribution is 2.08. The monoisotopic (exact) mass is 216 g/mol. The number of nitrogen functional groups attached to an aromatic ring is 1. The number of likely N-dealkylation sites (N-methyl/N-ethyl adjacent to an activating group) is 1. The van der Waals surface area contributed by atoms with E-state index in [1.165, 1.54) is 6.08 Å². The molecule has 0 unspecified atom stereocenters. The number of hydrogen-bond acceptors (Lipinski definition) is 2. The molecule has 1 amide bonds. The lowest BCUT2D eigenvalue weighted by Gasteiger charge is -2.11. The Morgan fingerprint density at radius 1 is 1.56 bits per heavy atom. The van der Waals surface area contributed by atoms with E-state index in [9.17, 15) is 4.79 Å². The molecule has 0 aliphatic rings. The molecule has 3 nitrogen and oxygen atoms in total. The summed E-state index contributed by atoms with van der Waals surface area (Å²) in [6.45, 7) is 4.12. The standard InChI is InChI=1S/C13H16N2O/c1-3-9-15(2)13(16)8-7-11-5-4-6-12(14)10-11/h3-8,10H,1,9,14H2,2H3/b8-7+. The van der Waals surface area contributed by atoms with E-state index < -0.39 is 0 Å². The molecule has 0 heterocycles. The van der Waals surface area contributed by atoms with Gasteiger partial charge in [0.1, 0.15) is 0 Å². The largest absolute Gasteiger partial charge is 0.399 e. The molecule has 84 valence electrons. The number of nitrogens with two attached hydrogens (primary N) is 1. The molecule has 16 heavy (non-hydrogen) atoms. The Balaban J connectivity index is 2.66. The molecule has 0 aliphatic heterocycles. The van der Waals surface area contributed by atoms with E-state index in [0.717, 1.165) is 5.56 Å². The summed E-state index contributed by atoms with van der Waals surface area (Å²) >= 11 is 0. The van der Waals surface area contributed by atoms with Gasteiger partial charge in [0.05, 0.1) is 0 Å². The molecule has 0 aliphatic carbocycles. The fourth-order valence-corrected chi connectivity index (χ4v) is 1.24. The normalized spacial score (nSPS) is 10.3. The van der Waals surface area contributed by atoms with Crippen molar-refractivity contribution in [2.45, 2.75) is 0 Å². The zero-order chi connectivity index (χ0) is 12.0. The Bertz CT molecular complexity index is 410. The molecule has 0 fully saturated rings. The number of anilines is 1. The van der Waals surface area contributed by atoms with E-state index in [-0.39, 0.29) is 5.91 Å². The Hall–Kier alpha value is -2.03. The first-order valence-electron chi connectivity index (χ1n) is 5.03. The van der Waals surface area contributed by atoms with E-state index in [0.29, 0.717) is 12.2 Å². The third-order valence-corrected chi connectivity index (χ3v) is 2.11. The van der Waals surface area contributed by atoms with Crippen LogP contribution in [0.3, 0.4) is 0 Å². The summed E-state index contributed by atoms with van der Waals surface area (Å²) in [5.41, 5.74) is 7.24. The van der Waals surface area contributed by atoms with Crippen LogP contribution in [-0.2, 0) is 4.79 Å². The first-order chi connectivity index (χ1) is 7.63. The number of nitrogens with zero attached hydrogens (tertiary/aromatic N) is 1. The molecule has 3 heteroatoms. The van der Waals surface area contributed by atoms with Crippen molar-refractivity contribution in [1.82, 2.24) is 4.90 Å². The predicted molar refractivity (Wildman–Crippen MR) is 67.7 cm³/mol. The fourth-order valence-electron chi connectivity index (χ4n) is 1.24. The Morgan fingerprint density at radius 2 is 2.31 bits per heavy atom. The van der Waals surface area contributed by atoms with Crippen LogP contribution in [0.2, 0.25) is 0 Å². The average molecular weight is 216 g/mol. The zero-order valence-electron chi connectivity index (χ0n) is 9.39. The van der Waals surface area contributed by atoms with E-state index in [2.05, 4.69) is 6.58 Å². The summed E-state index contributed by atoms with van der Waals surface area (Å²) < 4.78 is 0. The summed E-state index contributed by atoms with van der Waals surface area (Å²) in [5, 5.41) is 0.